The van der Waals surface area contributed by atoms with E-state index in [0.717, 1.165) is 6.07 Å². The summed E-state index contributed by atoms with van der Waals surface area (Å²) in [5.41, 5.74) is 5.54. The van der Waals surface area contributed by atoms with Crippen molar-refractivity contribution in [2.75, 3.05) is 0 Å². The van der Waals surface area contributed by atoms with Crippen LogP contribution in [0.5, 0.6) is 5.75 Å². The number of para-hydroxylation sites is 1. The minimum absolute atomic E-state index is 0.0704. The van der Waals surface area contributed by atoms with Gasteiger partial charge in [0.05, 0.1) is 0 Å². The summed E-state index contributed by atoms with van der Waals surface area (Å²) in [7, 11) is 0. The smallest absolute Gasteiger partial charge is 0.434 e. The molecule has 0 aliphatic heterocycles. The first-order valence-electron chi connectivity index (χ1n) is 5.18. The minimum Gasteiger partial charge on any atom is -0.471 e. The van der Waals surface area contributed by atoms with E-state index in [4.69, 9.17) is 5.73 Å². The standard InChI is InChI=1S/C11H11F6NO/c1-6(18)7-4-2-3-5-8(7)19-9(10(12,13)14)11(15,16)17/h2-6,9H,18H2,1H3/t6-/m1/s1. The number of hydrogen-bond acceptors (Lipinski definition) is 2. The molecule has 0 fully saturated rings. The third-order valence-electron chi connectivity index (χ3n) is 2.25. The summed E-state index contributed by atoms with van der Waals surface area (Å²) in [5.74, 6) is -0.530. The molecule has 19 heavy (non-hydrogen) atoms. The van der Waals surface area contributed by atoms with E-state index in [0.29, 0.717) is 0 Å². The molecule has 0 unspecified atom stereocenters. The average Bonchev–Trinajstić information content (AvgIpc) is 2.23. The summed E-state index contributed by atoms with van der Waals surface area (Å²) in [5, 5.41) is 0. The van der Waals surface area contributed by atoms with Gasteiger partial charge in [0.2, 0.25) is 0 Å². The van der Waals surface area contributed by atoms with E-state index >= 15 is 0 Å². The van der Waals surface area contributed by atoms with Gasteiger partial charge in [-0.1, -0.05) is 18.2 Å². The van der Waals surface area contributed by atoms with Crippen molar-refractivity contribution in [3.05, 3.63) is 29.8 Å². The largest absolute Gasteiger partial charge is 0.471 e. The lowest BCUT2D eigenvalue weighted by atomic mass is 10.1. The normalized spacial score (nSPS) is 14.6. The second-order valence-electron chi connectivity index (χ2n) is 3.91. The number of benzene rings is 1. The van der Waals surface area contributed by atoms with Crippen LogP contribution >= 0.6 is 0 Å². The third-order valence-corrected chi connectivity index (χ3v) is 2.25. The van der Waals surface area contributed by atoms with Gasteiger partial charge >= 0.3 is 12.4 Å². The molecule has 0 amide bonds. The Morgan fingerprint density at radius 1 is 1.00 bits per heavy atom. The molecule has 1 aromatic rings. The zero-order valence-electron chi connectivity index (χ0n) is 9.72. The minimum atomic E-state index is -5.55. The molecule has 2 N–H and O–H groups in total. The summed E-state index contributed by atoms with van der Waals surface area (Å²) in [6, 6.07) is 4.29. The number of alkyl halides is 6. The lowest BCUT2D eigenvalue weighted by Crippen LogP contribution is -2.46. The first-order chi connectivity index (χ1) is 8.53. The maximum Gasteiger partial charge on any atom is 0.434 e. The Balaban J connectivity index is 3.11. The lowest BCUT2D eigenvalue weighted by Gasteiger charge is -2.25. The summed E-state index contributed by atoms with van der Waals surface area (Å²) < 4.78 is 78.3. The van der Waals surface area contributed by atoms with Crippen LogP contribution in [0.15, 0.2) is 24.3 Å². The fourth-order valence-corrected chi connectivity index (χ4v) is 1.41. The average molecular weight is 287 g/mol. The lowest BCUT2D eigenvalue weighted by molar-refractivity contribution is -0.300. The highest BCUT2D eigenvalue weighted by atomic mass is 19.4. The van der Waals surface area contributed by atoms with Gasteiger partial charge in [0.25, 0.3) is 6.10 Å². The van der Waals surface area contributed by atoms with E-state index in [1.54, 1.807) is 0 Å². The Bertz CT molecular complexity index is 412. The molecule has 1 rings (SSSR count). The van der Waals surface area contributed by atoms with Gasteiger partial charge in [-0.05, 0) is 13.0 Å². The molecular weight excluding hydrogens is 276 g/mol. The first kappa shape index (κ1) is 15.6. The quantitative estimate of drug-likeness (QED) is 0.862. The van der Waals surface area contributed by atoms with Crippen molar-refractivity contribution < 1.29 is 31.1 Å². The van der Waals surface area contributed by atoms with Gasteiger partial charge in [0, 0.05) is 11.6 Å². The Hall–Kier alpha value is -1.44. The van der Waals surface area contributed by atoms with Gasteiger partial charge in [-0.2, -0.15) is 26.3 Å². The molecule has 0 aromatic heterocycles. The van der Waals surface area contributed by atoms with Crippen LogP contribution in [0.25, 0.3) is 0 Å². The highest BCUT2D eigenvalue weighted by Gasteiger charge is 2.59. The van der Waals surface area contributed by atoms with Crippen LogP contribution in [0.2, 0.25) is 0 Å². The fraction of sp³-hybridized carbons (Fsp3) is 0.455. The molecular formula is C11H11F6NO. The van der Waals surface area contributed by atoms with Crippen molar-refractivity contribution in [2.45, 2.75) is 31.4 Å². The summed E-state index contributed by atoms with van der Waals surface area (Å²) in [4.78, 5) is 0. The van der Waals surface area contributed by atoms with Crippen molar-refractivity contribution in [3.8, 4) is 5.75 Å². The third kappa shape index (κ3) is 4.02. The monoisotopic (exact) mass is 287 g/mol. The summed E-state index contributed by atoms with van der Waals surface area (Å²) in [6.07, 6.45) is -15.0. The predicted molar refractivity (Wildman–Crippen MR) is 55.6 cm³/mol. The molecule has 108 valence electrons. The zero-order chi connectivity index (χ0) is 14.8. The maximum atomic E-state index is 12.4. The molecule has 0 saturated heterocycles. The van der Waals surface area contributed by atoms with E-state index in [1.165, 1.54) is 25.1 Å². The molecule has 0 radical (unpaired) electrons. The van der Waals surface area contributed by atoms with Crippen molar-refractivity contribution in [1.29, 1.82) is 0 Å². The van der Waals surface area contributed by atoms with Crippen LogP contribution < -0.4 is 10.5 Å². The summed E-state index contributed by atoms with van der Waals surface area (Å²) >= 11 is 0. The van der Waals surface area contributed by atoms with Crippen LogP contribution in [0.3, 0.4) is 0 Å². The van der Waals surface area contributed by atoms with Crippen LogP contribution in [-0.2, 0) is 0 Å². The van der Waals surface area contributed by atoms with E-state index in [-0.39, 0.29) is 5.56 Å². The fourth-order valence-electron chi connectivity index (χ4n) is 1.41. The zero-order valence-corrected chi connectivity index (χ0v) is 9.72. The SMILES string of the molecule is C[C@@H](N)c1ccccc1OC(C(F)(F)F)C(F)(F)F. The van der Waals surface area contributed by atoms with Gasteiger partial charge in [0.15, 0.2) is 0 Å². The molecule has 2 nitrogen and oxygen atoms in total. The number of halogens is 6. The van der Waals surface area contributed by atoms with Gasteiger partial charge in [-0.15, -0.1) is 0 Å². The van der Waals surface area contributed by atoms with Crippen molar-refractivity contribution in [1.82, 2.24) is 0 Å². The van der Waals surface area contributed by atoms with Gasteiger partial charge in [0.1, 0.15) is 5.75 Å². The molecule has 0 spiro atoms. The molecule has 1 aromatic carbocycles. The number of ether oxygens (including phenoxy) is 1. The van der Waals surface area contributed by atoms with Gasteiger partial charge < -0.3 is 10.5 Å². The second kappa shape index (κ2) is 5.28. The molecule has 0 aliphatic carbocycles. The molecule has 0 heterocycles. The Labute approximate surface area is 105 Å². The van der Waals surface area contributed by atoms with Crippen LogP contribution in [-0.4, -0.2) is 18.5 Å². The van der Waals surface area contributed by atoms with Gasteiger partial charge in [-0.3, -0.25) is 0 Å². The van der Waals surface area contributed by atoms with Crippen LogP contribution in [0, 0.1) is 0 Å². The second-order valence-corrected chi connectivity index (χ2v) is 3.91. The maximum absolute atomic E-state index is 12.4. The van der Waals surface area contributed by atoms with Crippen molar-refractivity contribution in [3.63, 3.8) is 0 Å². The molecule has 8 heteroatoms. The number of hydrogen-bond donors (Lipinski definition) is 1. The predicted octanol–water partition coefficient (Wildman–Crippen LogP) is 3.58. The molecule has 0 saturated carbocycles. The van der Waals surface area contributed by atoms with E-state index in [1.807, 2.05) is 0 Å². The highest BCUT2D eigenvalue weighted by molar-refractivity contribution is 5.35. The molecule has 1 atom stereocenters. The van der Waals surface area contributed by atoms with Gasteiger partial charge in [-0.25, -0.2) is 0 Å². The Morgan fingerprint density at radius 2 is 1.47 bits per heavy atom. The first-order valence-corrected chi connectivity index (χ1v) is 5.18. The Kier molecular flexibility index (Phi) is 4.34. The van der Waals surface area contributed by atoms with Crippen LogP contribution in [0.1, 0.15) is 18.5 Å². The van der Waals surface area contributed by atoms with E-state index in [9.17, 15) is 26.3 Å². The highest BCUT2D eigenvalue weighted by Crippen LogP contribution is 2.37. The van der Waals surface area contributed by atoms with Crippen molar-refractivity contribution >= 4 is 0 Å². The van der Waals surface area contributed by atoms with Crippen LogP contribution in [0.4, 0.5) is 26.3 Å². The number of rotatable bonds is 3. The molecule has 0 bridgehead atoms. The Morgan fingerprint density at radius 3 is 1.89 bits per heavy atom. The molecule has 0 aliphatic rings. The van der Waals surface area contributed by atoms with E-state index in [2.05, 4.69) is 4.74 Å². The van der Waals surface area contributed by atoms with E-state index < -0.39 is 30.2 Å². The summed E-state index contributed by atoms with van der Waals surface area (Å²) in [6.45, 7) is 1.43. The number of nitrogens with two attached hydrogens (primary N) is 1. The topological polar surface area (TPSA) is 35.2 Å². The van der Waals surface area contributed by atoms with Crippen molar-refractivity contribution in [2.24, 2.45) is 5.73 Å².